The molecule has 0 bridgehead atoms. The average molecular weight is 328 g/mol. The van der Waals surface area contributed by atoms with Crippen LogP contribution in [0.25, 0.3) is 0 Å². The van der Waals surface area contributed by atoms with Crippen LogP contribution < -0.4 is 5.32 Å². The van der Waals surface area contributed by atoms with Crippen molar-refractivity contribution in [1.82, 2.24) is 10.2 Å². The summed E-state index contributed by atoms with van der Waals surface area (Å²) in [7, 11) is 0. The molecular weight excluding hydrogens is 300 g/mol. The van der Waals surface area contributed by atoms with E-state index in [1.807, 2.05) is 43.0 Å². The number of hydrogen-bond donors (Lipinski definition) is 1. The molecule has 1 heterocycles. The van der Waals surface area contributed by atoms with E-state index in [9.17, 15) is 9.59 Å². The minimum absolute atomic E-state index is 0.0606. The maximum Gasteiger partial charge on any atom is 0.254 e. The van der Waals surface area contributed by atoms with E-state index >= 15 is 0 Å². The van der Waals surface area contributed by atoms with Gasteiger partial charge in [-0.3, -0.25) is 9.59 Å². The number of amides is 2. The van der Waals surface area contributed by atoms with Crippen LogP contribution in [0.2, 0.25) is 0 Å². The maximum absolute atomic E-state index is 12.7. The first kappa shape index (κ1) is 17.0. The maximum atomic E-state index is 12.7. The first-order chi connectivity index (χ1) is 11.5. The van der Waals surface area contributed by atoms with Crippen molar-refractivity contribution in [2.24, 2.45) is 5.41 Å². The van der Waals surface area contributed by atoms with Gasteiger partial charge in [-0.25, -0.2) is 0 Å². The van der Waals surface area contributed by atoms with Gasteiger partial charge in [0.2, 0.25) is 5.91 Å². The Morgan fingerprint density at radius 1 is 1.21 bits per heavy atom. The number of nitrogens with one attached hydrogen (secondary N) is 1. The minimum Gasteiger partial charge on any atom is -0.354 e. The molecule has 1 fully saturated rings. The van der Waals surface area contributed by atoms with Gasteiger partial charge in [0.1, 0.15) is 0 Å². The Morgan fingerprint density at radius 2 is 1.92 bits per heavy atom. The molecule has 2 aliphatic rings. The molecule has 24 heavy (non-hydrogen) atoms. The highest BCUT2D eigenvalue weighted by molar-refractivity contribution is 5.98. The van der Waals surface area contributed by atoms with Crippen LogP contribution in [0.15, 0.2) is 24.3 Å². The van der Waals surface area contributed by atoms with Crippen LogP contribution in [0, 0.1) is 5.41 Å². The van der Waals surface area contributed by atoms with Gasteiger partial charge in [0.15, 0.2) is 0 Å². The fourth-order valence-corrected chi connectivity index (χ4v) is 4.25. The number of carbonyl (C=O) groups excluding carboxylic acids is 2. The summed E-state index contributed by atoms with van der Waals surface area (Å²) < 4.78 is 0. The van der Waals surface area contributed by atoms with Gasteiger partial charge in [-0.15, -0.1) is 0 Å². The summed E-state index contributed by atoms with van der Waals surface area (Å²) in [6.45, 7) is 5.37. The van der Waals surface area contributed by atoms with Crippen LogP contribution in [0.4, 0.5) is 0 Å². The molecule has 1 N–H and O–H groups in total. The smallest absolute Gasteiger partial charge is 0.254 e. The molecule has 1 aromatic rings. The van der Waals surface area contributed by atoms with Crippen molar-refractivity contribution in [3.8, 4) is 0 Å². The molecule has 0 radical (unpaired) electrons. The van der Waals surface area contributed by atoms with Crippen molar-refractivity contribution in [3.05, 3.63) is 35.4 Å². The zero-order valence-electron chi connectivity index (χ0n) is 14.8. The first-order valence-electron chi connectivity index (χ1n) is 9.16. The molecule has 3 rings (SSSR count). The van der Waals surface area contributed by atoms with Crippen LogP contribution in [-0.2, 0) is 11.3 Å². The van der Waals surface area contributed by atoms with Crippen molar-refractivity contribution < 1.29 is 9.59 Å². The number of nitrogens with zero attached hydrogens (tertiary/aromatic N) is 1. The molecular formula is C20H28N2O2. The van der Waals surface area contributed by atoms with E-state index in [0.717, 1.165) is 36.8 Å². The molecule has 1 aliphatic heterocycles. The Kier molecular flexibility index (Phi) is 4.93. The van der Waals surface area contributed by atoms with Crippen molar-refractivity contribution in [2.75, 3.05) is 6.54 Å². The highest BCUT2D eigenvalue weighted by Crippen LogP contribution is 2.41. The van der Waals surface area contributed by atoms with Gasteiger partial charge in [0.05, 0.1) is 0 Å². The fourth-order valence-electron chi connectivity index (χ4n) is 4.25. The molecule has 4 heteroatoms. The van der Waals surface area contributed by atoms with Gasteiger partial charge in [-0.1, -0.05) is 37.5 Å². The van der Waals surface area contributed by atoms with E-state index < -0.39 is 0 Å². The summed E-state index contributed by atoms with van der Waals surface area (Å²) in [6.07, 6.45) is 6.16. The molecule has 1 saturated carbocycles. The van der Waals surface area contributed by atoms with Gasteiger partial charge in [-0.05, 0) is 43.7 Å². The molecule has 130 valence electrons. The van der Waals surface area contributed by atoms with Crippen LogP contribution >= 0.6 is 0 Å². The number of hydrogen-bond acceptors (Lipinski definition) is 2. The van der Waals surface area contributed by atoms with E-state index in [0.29, 0.717) is 19.5 Å². The zero-order valence-corrected chi connectivity index (χ0v) is 14.8. The van der Waals surface area contributed by atoms with Crippen LogP contribution in [0.3, 0.4) is 0 Å². The summed E-state index contributed by atoms with van der Waals surface area (Å²) >= 11 is 0. The lowest BCUT2D eigenvalue weighted by molar-refractivity contribution is -0.124. The summed E-state index contributed by atoms with van der Waals surface area (Å²) in [4.78, 5) is 27.0. The Balaban J connectivity index is 1.73. The third-order valence-electron chi connectivity index (χ3n) is 5.32. The highest BCUT2D eigenvalue weighted by atomic mass is 16.2. The predicted octanol–water partition coefficient (Wildman–Crippen LogP) is 3.51. The summed E-state index contributed by atoms with van der Waals surface area (Å²) in [5, 5.41) is 3.03. The molecule has 4 nitrogen and oxygen atoms in total. The fraction of sp³-hybridized carbons (Fsp3) is 0.600. The average Bonchev–Trinajstić information content (AvgIpc) is 2.83. The minimum atomic E-state index is -0.0606. The second-order valence-corrected chi connectivity index (χ2v) is 7.78. The van der Waals surface area contributed by atoms with Gasteiger partial charge in [-0.2, -0.15) is 0 Å². The molecule has 0 atom stereocenters. The quantitative estimate of drug-likeness (QED) is 0.899. The summed E-state index contributed by atoms with van der Waals surface area (Å²) in [5.74, 6) is 0.246. The normalized spacial score (nSPS) is 19.5. The zero-order chi connectivity index (χ0) is 17.2. The third kappa shape index (κ3) is 3.63. The Labute approximate surface area is 144 Å². The highest BCUT2D eigenvalue weighted by Gasteiger charge is 2.39. The van der Waals surface area contributed by atoms with Gasteiger partial charge < -0.3 is 10.2 Å². The van der Waals surface area contributed by atoms with Gasteiger partial charge >= 0.3 is 0 Å². The van der Waals surface area contributed by atoms with E-state index in [1.165, 1.54) is 6.42 Å². The van der Waals surface area contributed by atoms with E-state index in [-0.39, 0.29) is 23.3 Å². The molecule has 0 saturated heterocycles. The van der Waals surface area contributed by atoms with Crippen molar-refractivity contribution in [1.29, 1.82) is 0 Å². The monoisotopic (exact) mass is 328 g/mol. The second kappa shape index (κ2) is 6.96. The topological polar surface area (TPSA) is 49.4 Å². The second-order valence-electron chi connectivity index (χ2n) is 7.78. The Hall–Kier alpha value is -1.84. The molecule has 0 spiro atoms. The number of fused-ring (bicyclic) bond motifs is 1. The molecule has 1 aromatic carbocycles. The third-order valence-corrected chi connectivity index (χ3v) is 5.32. The Morgan fingerprint density at radius 3 is 2.58 bits per heavy atom. The number of benzene rings is 1. The van der Waals surface area contributed by atoms with Gasteiger partial charge in [0.25, 0.3) is 5.91 Å². The predicted molar refractivity (Wildman–Crippen MR) is 94.6 cm³/mol. The van der Waals surface area contributed by atoms with Crippen LogP contribution in [0.1, 0.15) is 68.3 Å². The number of rotatable bonds is 5. The van der Waals surface area contributed by atoms with Crippen molar-refractivity contribution in [2.45, 2.75) is 65.0 Å². The van der Waals surface area contributed by atoms with E-state index in [4.69, 9.17) is 0 Å². The lowest BCUT2D eigenvalue weighted by Crippen LogP contribution is -2.43. The molecule has 2 amide bonds. The standard InChI is InChI=1S/C20H28N2O2/c1-15(2)21-18(23)12-20(10-6-3-7-11-20)14-22-13-16-8-4-5-9-17(16)19(22)24/h4-5,8-9,15H,3,6-7,10-14H2,1-2H3,(H,21,23). The summed E-state index contributed by atoms with van der Waals surface area (Å²) in [6, 6.07) is 8.02. The van der Waals surface area contributed by atoms with Crippen LogP contribution in [0.5, 0.6) is 0 Å². The molecule has 1 aliphatic carbocycles. The lowest BCUT2D eigenvalue weighted by atomic mass is 9.71. The first-order valence-corrected chi connectivity index (χ1v) is 9.16. The SMILES string of the molecule is CC(C)NC(=O)CC1(CN2Cc3ccccc3C2=O)CCCCC1. The lowest BCUT2D eigenvalue weighted by Gasteiger charge is -2.40. The van der Waals surface area contributed by atoms with Crippen LogP contribution in [-0.4, -0.2) is 29.3 Å². The van der Waals surface area contributed by atoms with E-state index in [2.05, 4.69) is 5.32 Å². The molecule has 0 aromatic heterocycles. The van der Waals surface area contributed by atoms with Gasteiger partial charge in [0, 0.05) is 31.1 Å². The molecule has 0 unspecified atom stereocenters. The Bertz CT molecular complexity index is 618. The van der Waals surface area contributed by atoms with E-state index in [1.54, 1.807) is 0 Å². The van der Waals surface area contributed by atoms with Crippen molar-refractivity contribution >= 4 is 11.8 Å². The number of carbonyl (C=O) groups is 2. The largest absolute Gasteiger partial charge is 0.354 e. The summed E-state index contributed by atoms with van der Waals surface area (Å²) in [5.41, 5.74) is 1.88. The van der Waals surface area contributed by atoms with Crippen molar-refractivity contribution in [3.63, 3.8) is 0 Å².